The summed E-state index contributed by atoms with van der Waals surface area (Å²) in [7, 11) is 1.65. The van der Waals surface area contributed by atoms with Crippen LogP contribution in [0.1, 0.15) is 12.0 Å². The van der Waals surface area contributed by atoms with Crippen molar-refractivity contribution in [3.05, 3.63) is 29.8 Å². The molecule has 2 rings (SSSR count). The van der Waals surface area contributed by atoms with Gasteiger partial charge in [0, 0.05) is 31.8 Å². The van der Waals surface area contributed by atoms with E-state index in [0.29, 0.717) is 31.4 Å². The number of carbonyl (C=O) groups excluding carboxylic acids is 1. The van der Waals surface area contributed by atoms with Gasteiger partial charge in [-0.15, -0.1) is 0 Å². The van der Waals surface area contributed by atoms with Gasteiger partial charge in [0.2, 0.25) is 0 Å². The number of benzene rings is 1. The van der Waals surface area contributed by atoms with Crippen molar-refractivity contribution < 1.29 is 22.7 Å². The lowest BCUT2D eigenvalue weighted by Gasteiger charge is -2.21. The molecule has 0 aliphatic carbocycles. The largest absolute Gasteiger partial charge is 0.416 e. The Morgan fingerprint density at radius 2 is 2.05 bits per heavy atom. The lowest BCUT2D eigenvalue weighted by Crippen LogP contribution is -2.35. The number of nitrogens with zero attached hydrogens (tertiary/aromatic N) is 1. The summed E-state index contributed by atoms with van der Waals surface area (Å²) in [6.45, 7) is 1.91. The molecule has 1 unspecified atom stereocenters. The molecule has 1 heterocycles. The van der Waals surface area contributed by atoms with Crippen LogP contribution in [-0.2, 0) is 10.9 Å². The number of hydrogen-bond donors (Lipinski definition) is 1. The quantitative estimate of drug-likeness (QED) is 0.931. The molecule has 1 saturated heterocycles. The number of urea groups is 1. The van der Waals surface area contributed by atoms with Gasteiger partial charge < -0.3 is 15.0 Å². The van der Waals surface area contributed by atoms with Crippen molar-refractivity contribution in [2.45, 2.75) is 12.6 Å². The first-order valence-corrected chi connectivity index (χ1v) is 6.63. The number of rotatable bonds is 3. The fraction of sp³-hybridized carbons (Fsp3) is 0.500. The maximum absolute atomic E-state index is 12.4. The summed E-state index contributed by atoms with van der Waals surface area (Å²) >= 11 is 0. The normalized spacial score (nSPS) is 18.6. The lowest BCUT2D eigenvalue weighted by atomic mass is 10.1. The van der Waals surface area contributed by atoms with Gasteiger partial charge >= 0.3 is 12.2 Å². The Kier molecular flexibility index (Phi) is 4.72. The minimum absolute atomic E-state index is 0.313. The SMILES string of the molecule is CN(CC1CCOC1)C(=O)Nc1ccc(C(F)(F)F)cc1. The molecule has 1 aliphatic heterocycles. The first-order valence-electron chi connectivity index (χ1n) is 6.63. The molecule has 0 bridgehead atoms. The molecule has 1 fully saturated rings. The van der Waals surface area contributed by atoms with Gasteiger partial charge in [-0.05, 0) is 30.7 Å². The number of hydrogen-bond acceptors (Lipinski definition) is 2. The zero-order chi connectivity index (χ0) is 15.5. The van der Waals surface area contributed by atoms with Crippen LogP contribution >= 0.6 is 0 Å². The number of nitrogens with one attached hydrogen (secondary N) is 1. The van der Waals surface area contributed by atoms with Gasteiger partial charge in [0.25, 0.3) is 0 Å². The highest BCUT2D eigenvalue weighted by molar-refractivity contribution is 5.89. The minimum Gasteiger partial charge on any atom is -0.381 e. The highest BCUT2D eigenvalue weighted by atomic mass is 19.4. The zero-order valence-electron chi connectivity index (χ0n) is 11.6. The third kappa shape index (κ3) is 4.35. The van der Waals surface area contributed by atoms with Crippen molar-refractivity contribution in [3.8, 4) is 0 Å². The number of halogens is 3. The van der Waals surface area contributed by atoms with Crippen LogP contribution in [0.25, 0.3) is 0 Å². The molecule has 7 heteroatoms. The van der Waals surface area contributed by atoms with E-state index in [1.165, 1.54) is 17.0 Å². The van der Waals surface area contributed by atoms with E-state index in [0.717, 1.165) is 18.6 Å². The van der Waals surface area contributed by atoms with Crippen molar-refractivity contribution >= 4 is 11.7 Å². The van der Waals surface area contributed by atoms with E-state index in [4.69, 9.17) is 4.74 Å². The summed E-state index contributed by atoms with van der Waals surface area (Å²) in [6, 6.07) is 4.03. The van der Waals surface area contributed by atoms with Crippen LogP contribution in [0.5, 0.6) is 0 Å². The van der Waals surface area contributed by atoms with Crippen molar-refractivity contribution in [1.82, 2.24) is 4.90 Å². The first kappa shape index (κ1) is 15.6. The molecule has 1 atom stereocenters. The minimum atomic E-state index is -4.37. The fourth-order valence-electron chi connectivity index (χ4n) is 2.16. The molecule has 2 amide bonds. The number of ether oxygens (including phenoxy) is 1. The second kappa shape index (κ2) is 6.34. The molecule has 1 aromatic rings. The smallest absolute Gasteiger partial charge is 0.381 e. The Bertz CT molecular complexity index is 482. The Morgan fingerprint density at radius 3 is 2.57 bits per heavy atom. The van der Waals surface area contributed by atoms with Crippen LogP contribution in [0.3, 0.4) is 0 Å². The maximum atomic E-state index is 12.4. The van der Waals surface area contributed by atoms with Crippen LogP contribution in [-0.4, -0.2) is 37.7 Å². The molecule has 0 spiro atoms. The van der Waals surface area contributed by atoms with E-state index in [1.54, 1.807) is 7.05 Å². The average molecular weight is 302 g/mol. The van der Waals surface area contributed by atoms with E-state index >= 15 is 0 Å². The van der Waals surface area contributed by atoms with Gasteiger partial charge in [-0.3, -0.25) is 0 Å². The van der Waals surface area contributed by atoms with Gasteiger partial charge in [0.05, 0.1) is 12.2 Å². The Labute approximate surface area is 120 Å². The van der Waals surface area contributed by atoms with Gasteiger partial charge in [0.15, 0.2) is 0 Å². The van der Waals surface area contributed by atoms with Crippen LogP contribution in [0, 0.1) is 5.92 Å². The summed E-state index contributed by atoms with van der Waals surface area (Å²) in [6.07, 6.45) is -3.46. The van der Waals surface area contributed by atoms with Crippen LogP contribution in [0.15, 0.2) is 24.3 Å². The van der Waals surface area contributed by atoms with Crippen molar-refractivity contribution in [1.29, 1.82) is 0 Å². The van der Waals surface area contributed by atoms with Crippen LogP contribution < -0.4 is 5.32 Å². The van der Waals surface area contributed by atoms with Crippen LogP contribution in [0.2, 0.25) is 0 Å². The molecular formula is C14H17F3N2O2. The Hall–Kier alpha value is -1.76. The molecule has 0 saturated carbocycles. The molecular weight excluding hydrogens is 285 g/mol. The number of carbonyl (C=O) groups is 1. The van der Waals surface area contributed by atoms with Gasteiger partial charge in [-0.1, -0.05) is 0 Å². The monoisotopic (exact) mass is 302 g/mol. The first-order chi connectivity index (χ1) is 9.86. The average Bonchev–Trinajstić information content (AvgIpc) is 2.91. The second-order valence-electron chi connectivity index (χ2n) is 5.12. The predicted octanol–water partition coefficient (Wildman–Crippen LogP) is 3.21. The van der Waals surface area contributed by atoms with Crippen molar-refractivity contribution in [2.24, 2.45) is 5.92 Å². The molecule has 21 heavy (non-hydrogen) atoms. The van der Waals surface area contributed by atoms with E-state index in [9.17, 15) is 18.0 Å². The summed E-state index contributed by atoms with van der Waals surface area (Å²) in [5.74, 6) is 0.313. The van der Waals surface area contributed by atoms with E-state index in [-0.39, 0.29) is 6.03 Å². The molecule has 4 nitrogen and oxygen atoms in total. The molecule has 0 radical (unpaired) electrons. The van der Waals surface area contributed by atoms with Crippen LogP contribution in [0.4, 0.5) is 23.7 Å². The zero-order valence-corrected chi connectivity index (χ0v) is 11.6. The molecule has 1 N–H and O–H groups in total. The molecule has 1 aromatic carbocycles. The standard InChI is InChI=1S/C14H17F3N2O2/c1-19(8-10-6-7-21-9-10)13(20)18-12-4-2-11(3-5-12)14(15,16)17/h2-5,10H,6-9H2,1H3,(H,18,20). The lowest BCUT2D eigenvalue weighted by molar-refractivity contribution is -0.137. The summed E-state index contributed by atoms with van der Waals surface area (Å²) in [4.78, 5) is 13.4. The second-order valence-corrected chi connectivity index (χ2v) is 5.12. The van der Waals surface area contributed by atoms with E-state index < -0.39 is 11.7 Å². The molecule has 0 aromatic heterocycles. The molecule has 1 aliphatic rings. The van der Waals surface area contributed by atoms with Crippen molar-refractivity contribution in [2.75, 3.05) is 32.1 Å². The molecule has 116 valence electrons. The van der Waals surface area contributed by atoms with Gasteiger partial charge in [-0.2, -0.15) is 13.2 Å². The highest BCUT2D eigenvalue weighted by Crippen LogP contribution is 2.29. The number of alkyl halides is 3. The summed E-state index contributed by atoms with van der Waals surface area (Å²) in [5.41, 5.74) is -0.403. The summed E-state index contributed by atoms with van der Waals surface area (Å²) < 4.78 is 42.5. The highest BCUT2D eigenvalue weighted by Gasteiger charge is 2.30. The van der Waals surface area contributed by atoms with Crippen molar-refractivity contribution in [3.63, 3.8) is 0 Å². The summed E-state index contributed by atoms with van der Waals surface area (Å²) in [5, 5.41) is 2.57. The third-order valence-electron chi connectivity index (χ3n) is 3.37. The van der Waals surface area contributed by atoms with Gasteiger partial charge in [-0.25, -0.2) is 4.79 Å². The van der Waals surface area contributed by atoms with E-state index in [1.807, 2.05) is 0 Å². The predicted molar refractivity (Wildman–Crippen MR) is 72.0 cm³/mol. The topological polar surface area (TPSA) is 41.6 Å². The van der Waals surface area contributed by atoms with Gasteiger partial charge in [0.1, 0.15) is 0 Å². The third-order valence-corrected chi connectivity index (χ3v) is 3.37. The Balaban J connectivity index is 1.89. The number of amides is 2. The number of anilines is 1. The van der Waals surface area contributed by atoms with E-state index in [2.05, 4.69) is 5.32 Å². The Morgan fingerprint density at radius 1 is 1.38 bits per heavy atom. The maximum Gasteiger partial charge on any atom is 0.416 e. The fourth-order valence-corrected chi connectivity index (χ4v) is 2.16.